The Kier molecular flexibility index (Phi) is 4.57. The molecule has 0 spiro atoms. The smallest absolute Gasteiger partial charge is 0.197 e. The summed E-state index contributed by atoms with van der Waals surface area (Å²) in [5, 5.41) is 11.3. The van der Waals surface area contributed by atoms with Crippen LogP contribution < -0.4 is 0 Å². The van der Waals surface area contributed by atoms with Crippen molar-refractivity contribution in [1.82, 2.24) is 24.6 Å². The van der Waals surface area contributed by atoms with Crippen molar-refractivity contribution in [1.29, 1.82) is 0 Å². The van der Waals surface area contributed by atoms with E-state index in [1.165, 1.54) is 41.5 Å². The van der Waals surface area contributed by atoms with Crippen molar-refractivity contribution < 1.29 is 0 Å². The predicted molar refractivity (Wildman–Crippen MR) is 112 cm³/mol. The van der Waals surface area contributed by atoms with Crippen LogP contribution in [0.25, 0.3) is 27.3 Å². The molecule has 0 radical (unpaired) electrons. The number of nitrogens with zero attached hydrogens (tertiary/aromatic N) is 5. The van der Waals surface area contributed by atoms with Crippen LogP contribution in [0.3, 0.4) is 0 Å². The molecule has 5 rings (SSSR count). The molecule has 0 fully saturated rings. The number of pyridine rings is 1. The van der Waals surface area contributed by atoms with Gasteiger partial charge in [-0.25, -0.2) is 4.98 Å². The molecule has 0 saturated carbocycles. The van der Waals surface area contributed by atoms with Crippen molar-refractivity contribution in [2.45, 2.75) is 50.6 Å². The van der Waals surface area contributed by atoms with Crippen LogP contribution in [0.2, 0.25) is 0 Å². The van der Waals surface area contributed by atoms with Gasteiger partial charge in [-0.15, -0.1) is 21.5 Å². The van der Waals surface area contributed by atoms with E-state index in [-0.39, 0.29) is 0 Å². The van der Waals surface area contributed by atoms with Crippen LogP contribution in [0, 0.1) is 0 Å². The maximum atomic E-state index is 5.10. The SMILES string of the molecule is CCSc1nnc2c3c4c(sc3nc(-c3cccnc3)n12)CCCCCC4. The number of fused-ring (bicyclic) bond motifs is 5. The van der Waals surface area contributed by atoms with E-state index in [1.807, 2.05) is 23.6 Å². The Morgan fingerprint density at radius 3 is 2.85 bits per heavy atom. The van der Waals surface area contributed by atoms with E-state index in [2.05, 4.69) is 32.6 Å². The predicted octanol–water partition coefficient (Wildman–Crippen LogP) is 5.17. The van der Waals surface area contributed by atoms with Gasteiger partial charge in [0.1, 0.15) is 4.83 Å². The summed E-state index contributed by atoms with van der Waals surface area (Å²) in [6.45, 7) is 2.14. The lowest BCUT2D eigenvalue weighted by Gasteiger charge is -2.10. The molecule has 1 aliphatic carbocycles. The summed E-state index contributed by atoms with van der Waals surface area (Å²) in [6.07, 6.45) is 11.1. The van der Waals surface area contributed by atoms with Crippen LogP contribution in [0.5, 0.6) is 0 Å². The third-order valence-corrected chi connectivity index (χ3v) is 7.12. The topological polar surface area (TPSA) is 56.0 Å². The number of thioether (sulfide) groups is 1. The van der Waals surface area contributed by atoms with E-state index in [4.69, 9.17) is 4.98 Å². The van der Waals surface area contributed by atoms with Gasteiger partial charge in [-0.3, -0.25) is 9.38 Å². The maximum Gasteiger partial charge on any atom is 0.197 e. The molecular formula is C20H21N5S2. The molecule has 4 heterocycles. The molecule has 0 aliphatic heterocycles. The molecule has 7 heteroatoms. The van der Waals surface area contributed by atoms with Crippen molar-refractivity contribution >= 4 is 39.0 Å². The van der Waals surface area contributed by atoms with Crippen LogP contribution in [0.15, 0.2) is 29.7 Å². The Morgan fingerprint density at radius 1 is 1.15 bits per heavy atom. The number of aryl methyl sites for hydroxylation is 2. The third-order valence-electron chi connectivity index (χ3n) is 5.12. The summed E-state index contributed by atoms with van der Waals surface area (Å²) in [7, 11) is 0. The Labute approximate surface area is 166 Å². The van der Waals surface area contributed by atoms with E-state index < -0.39 is 0 Å². The molecule has 0 unspecified atom stereocenters. The standard InChI is InChI=1S/C20H21N5S2/c1-2-26-20-24-23-18-16-14-9-5-3-4-6-10-15(14)27-19(16)22-17(25(18)20)13-8-7-11-21-12-13/h7-8,11-12H,2-6,9-10H2,1H3. The fraction of sp³-hybridized carbons (Fsp3) is 0.400. The Hall–Kier alpha value is -1.99. The van der Waals surface area contributed by atoms with E-state index >= 15 is 0 Å². The Balaban J connectivity index is 1.84. The van der Waals surface area contributed by atoms with Gasteiger partial charge in [-0.2, -0.15) is 0 Å². The lowest BCUT2D eigenvalue weighted by atomic mass is 9.98. The second kappa shape index (κ2) is 7.20. The summed E-state index contributed by atoms with van der Waals surface area (Å²) >= 11 is 3.56. The molecule has 5 nitrogen and oxygen atoms in total. The van der Waals surface area contributed by atoms with Crippen molar-refractivity contribution in [2.75, 3.05) is 5.75 Å². The van der Waals surface area contributed by atoms with E-state index in [1.54, 1.807) is 18.0 Å². The first kappa shape index (κ1) is 17.1. The summed E-state index contributed by atoms with van der Waals surface area (Å²) in [5.74, 6) is 1.84. The second-order valence-corrected chi connectivity index (χ2v) is 9.16. The van der Waals surface area contributed by atoms with Gasteiger partial charge in [0.25, 0.3) is 0 Å². The fourth-order valence-electron chi connectivity index (χ4n) is 3.89. The van der Waals surface area contributed by atoms with Crippen LogP contribution in [0.1, 0.15) is 43.0 Å². The first-order valence-corrected chi connectivity index (χ1v) is 11.4. The normalized spacial score (nSPS) is 15.0. The van der Waals surface area contributed by atoms with Gasteiger partial charge in [-0.1, -0.05) is 31.5 Å². The van der Waals surface area contributed by atoms with Crippen LogP contribution in [-0.2, 0) is 12.8 Å². The largest absolute Gasteiger partial charge is 0.264 e. The highest BCUT2D eigenvalue weighted by Gasteiger charge is 2.23. The Bertz CT molecular complexity index is 1100. The van der Waals surface area contributed by atoms with Crippen molar-refractivity contribution in [3.05, 3.63) is 35.0 Å². The summed E-state index contributed by atoms with van der Waals surface area (Å²) < 4.78 is 2.14. The van der Waals surface area contributed by atoms with E-state index in [0.717, 1.165) is 45.6 Å². The van der Waals surface area contributed by atoms with Gasteiger partial charge in [0.15, 0.2) is 16.6 Å². The van der Waals surface area contributed by atoms with Gasteiger partial charge >= 0.3 is 0 Å². The number of hydrogen-bond donors (Lipinski definition) is 0. The van der Waals surface area contributed by atoms with Crippen molar-refractivity contribution in [3.63, 3.8) is 0 Å². The van der Waals surface area contributed by atoms with Crippen LogP contribution in [0.4, 0.5) is 0 Å². The number of aromatic nitrogens is 5. The summed E-state index contributed by atoms with van der Waals surface area (Å²) in [4.78, 5) is 12.0. The quantitative estimate of drug-likeness (QED) is 0.448. The molecule has 27 heavy (non-hydrogen) atoms. The molecule has 0 aromatic carbocycles. The lowest BCUT2D eigenvalue weighted by molar-refractivity contribution is 0.624. The van der Waals surface area contributed by atoms with Crippen molar-refractivity contribution in [3.8, 4) is 11.4 Å². The minimum Gasteiger partial charge on any atom is -0.264 e. The minimum atomic E-state index is 0.890. The molecule has 0 saturated heterocycles. The van der Waals surface area contributed by atoms with Gasteiger partial charge in [0.2, 0.25) is 0 Å². The summed E-state index contributed by atoms with van der Waals surface area (Å²) in [5.41, 5.74) is 3.42. The summed E-state index contributed by atoms with van der Waals surface area (Å²) in [6, 6.07) is 4.02. The fourth-order valence-corrected chi connectivity index (χ4v) is 5.81. The molecule has 4 aromatic heterocycles. The van der Waals surface area contributed by atoms with Gasteiger partial charge in [0.05, 0.1) is 5.39 Å². The zero-order chi connectivity index (χ0) is 18.2. The highest BCUT2D eigenvalue weighted by atomic mass is 32.2. The van der Waals surface area contributed by atoms with Crippen LogP contribution in [-0.4, -0.2) is 30.3 Å². The monoisotopic (exact) mass is 395 g/mol. The maximum absolute atomic E-state index is 5.10. The molecule has 4 aromatic rings. The highest BCUT2D eigenvalue weighted by molar-refractivity contribution is 7.99. The lowest BCUT2D eigenvalue weighted by Crippen LogP contribution is -2.00. The van der Waals surface area contributed by atoms with E-state index in [0.29, 0.717) is 0 Å². The second-order valence-electron chi connectivity index (χ2n) is 6.85. The molecule has 0 N–H and O–H groups in total. The van der Waals surface area contributed by atoms with E-state index in [9.17, 15) is 0 Å². The molecule has 0 bridgehead atoms. The van der Waals surface area contributed by atoms with Crippen molar-refractivity contribution in [2.24, 2.45) is 0 Å². The highest BCUT2D eigenvalue weighted by Crippen LogP contribution is 2.38. The van der Waals surface area contributed by atoms with Gasteiger partial charge < -0.3 is 0 Å². The number of thiophene rings is 1. The first-order chi connectivity index (χ1) is 13.4. The number of rotatable bonds is 3. The molecule has 0 amide bonds. The zero-order valence-corrected chi connectivity index (χ0v) is 16.9. The average molecular weight is 396 g/mol. The Morgan fingerprint density at radius 2 is 2.04 bits per heavy atom. The zero-order valence-electron chi connectivity index (χ0n) is 15.3. The molecular weight excluding hydrogens is 374 g/mol. The van der Waals surface area contributed by atoms with Gasteiger partial charge in [-0.05, 0) is 49.1 Å². The number of hydrogen-bond acceptors (Lipinski definition) is 6. The first-order valence-electron chi connectivity index (χ1n) is 9.59. The molecule has 0 atom stereocenters. The molecule has 138 valence electrons. The van der Waals surface area contributed by atoms with Crippen LogP contribution >= 0.6 is 23.1 Å². The third kappa shape index (κ3) is 2.93. The van der Waals surface area contributed by atoms with Gasteiger partial charge in [0, 0.05) is 22.8 Å². The minimum absolute atomic E-state index is 0.890. The average Bonchev–Trinajstić information content (AvgIpc) is 3.23. The molecule has 1 aliphatic rings.